The third kappa shape index (κ3) is 1.97. The maximum Gasteiger partial charge on any atom is 0.262 e. The SMILES string of the molecule is Cc1nsc(N)c1-c1nc(C2Cc3ccccc3O2)no1. The first-order valence-electron chi connectivity index (χ1n) is 6.52. The number of anilines is 1. The van der Waals surface area contributed by atoms with Crippen molar-refractivity contribution >= 4 is 16.5 Å². The molecule has 7 heteroatoms. The minimum atomic E-state index is -0.215. The Morgan fingerprint density at radius 2 is 2.19 bits per heavy atom. The summed E-state index contributed by atoms with van der Waals surface area (Å²) in [6.07, 6.45) is 0.527. The molecule has 0 fully saturated rings. The molecule has 106 valence electrons. The molecule has 1 aliphatic heterocycles. The van der Waals surface area contributed by atoms with Gasteiger partial charge >= 0.3 is 0 Å². The Hall–Kier alpha value is -2.41. The fraction of sp³-hybridized carbons (Fsp3) is 0.214. The van der Waals surface area contributed by atoms with Crippen LogP contribution in [-0.2, 0) is 6.42 Å². The van der Waals surface area contributed by atoms with Crippen molar-refractivity contribution in [2.24, 2.45) is 0 Å². The fourth-order valence-electron chi connectivity index (χ4n) is 2.44. The van der Waals surface area contributed by atoms with Gasteiger partial charge in [-0.25, -0.2) is 0 Å². The van der Waals surface area contributed by atoms with Gasteiger partial charge in [0.1, 0.15) is 10.8 Å². The molecule has 0 spiro atoms. The number of fused-ring (bicyclic) bond motifs is 1. The molecule has 2 aromatic heterocycles. The number of para-hydroxylation sites is 1. The van der Waals surface area contributed by atoms with Crippen LogP contribution in [0, 0.1) is 6.92 Å². The van der Waals surface area contributed by atoms with E-state index in [1.54, 1.807) is 0 Å². The van der Waals surface area contributed by atoms with E-state index >= 15 is 0 Å². The first kappa shape index (κ1) is 12.3. The number of hydrogen-bond acceptors (Lipinski definition) is 7. The van der Waals surface area contributed by atoms with Crippen LogP contribution in [0.1, 0.15) is 23.2 Å². The number of aromatic nitrogens is 3. The molecule has 1 aromatic carbocycles. The van der Waals surface area contributed by atoms with Gasteiger partial charge in [0.25, 0.3) is 5.89 Å². The molecule has 3 heterocycles. The Morgan fingerprint density at radius 1 is 1.33 bits per heavy atom. The molecule has 1 atom stereocenters. The molecule has 6 nitrogen and oxygen atoms in total. The van der Waals surface area contributed by atoms with E-state index in [4.69, 9.17) is 15.0 Å². The highest BCUT2D eigenvalue weighted by Gasteiger charge is 2.29. The van der Waals surface area contributed by atoms with Crippen LogP contribution in [0.4, 0.5) is 5.00 Å². The maximum atomic E-state index is 5.90. The van der Waals surface area contributed by atoms with Gasteiger partial charge in [-0.15, -0.1) is 0 Å². The Kier molecular flexibility index (Phi) is 2.68. The first-order valence-corrected chi connectivity index (χ1v) is 7.30. The third-order valence-corrected chi connectivity index (χ3v) is 4.25. The van der Waals surface area contributed by atoms with Gasteiger partial charge in [-0.2, -0.15) is 9.36 Å². The van der Waals surface area contributed by atoms with Crippen LogP contribution in [0.25, 0.3) is 11.5 Å². The Balaban J connectivity index is 1.65. The zero-order chi connectivity index (χ0) is 14.4. The van der Waals surface area contributed by atoms with Crippen LogP contribution in [0.3, 0.4) is 0 Å². The zero-order valence-electron chi connectivity index (χ0n) is 11.2. The van der Waals surface area contributed by atoms with Crippen LogP contribution < -0.4 is 10.5 Å². The molecule has 4 rings (SSSR count). The predicted octanol–water partition coefficient (Wildman–Crippen LogP) is 2.76. The molecule has 0 saturated carbocycles. The topological polar surface area (TPSA) is 87.1 Å². The number of aryl methyl sites for hydroxylation is 1. The van der Waals surface area contributed by atoms with E-state index in [2.05, 4.69) is 14.5 Å². The van der Waals surface area contributed by atoms with E-state index in [1.165, 1.54) is 11.5 Å². The molecule has 21 heavy (non-hydrogen) atoms. The lowest BCUT2D eigenvalue weighted by molar-refractivity contribution is 0.221. The summed E-state index contributed by atoms with van der Waals surface area (Å²) in [4.78, 5) is 4.42. The van der Waals surface area contributed by atoms with Gasteiger partial charge < -0.3 is 15.0 Å². The second-order valence-corrected chi connectivity index (χ2v) is 5.69. The number of benzene rings is 1. The molecule has 3 aromatic rings. The van der Waals surface area contributed by atoms with Gasteiger partial charge in [-0.3, -0.25) is 0 Å². The molecule has 0 bridgehead atoms. The van der Waals surface area contributed by atoms with E-state index < -0.39 is 0 Å². The molecule has 0 saturated heterocycles. The molecular formula is C14H12N4O2S. The highest BCUT2D eigenvalue weighted by atomic mass is 32.1. The highest BCUT2D eigenvalue weighted by Crippen LogP contribution is 2.37. The fourth-order valence-corrected chi connectivity index (χ4v) is 3.09. The minimum Gasteiger partial charge on any atom is -0.482 e. The summed E-state index contributed by atoms with van der Waals surface area (Å²) in [6, 6.07) is 7.93. The van der Waals surface area contributed by atoms with Crippen molar-refractivity contribution < 1.29 is 9.26 Å². The first-order chi connectivity index (χ1) is 10.2. The van der Waals surface area contributed by atoms with E-state index in [9.17, 15) is 0 Å². The Bertz CT molecular complexity index is 766. The van der Waals surface area contributed by atoms with Crippen molar-refractivity contribution in [1.29, 1.82) is 0 Å². The van der Waals surface area contributed by atoms with E-state index in [0.717, 1.165) is 23.4 Å². The van der Waals surface area contributed by atoms with Gasteiger partial charge in [0.05, 0.1) is 11.3 Å². The second-order valence-electron chi connectivity index (χ2n) is 4.88. The zero-order valence-corrected chi connectivity index (χ0v) is 12.1. The summed E-state index contributed by atoms with van der Waals surface area (Å²) in [5, 5.41) is 4.61. The lowest BCUT2D eigenvalue weighted by atomic mass is 10.1. The average Bonchev–Trinajstić information content (AvgIpc) is 3.17. The van der Waals surface area contributed by atoms with Gasteiger partial charge in [-0.05, 0) is 30.1 Å². The molecular weight excluding hydrogens is 288 g/mol. The number of rotatable bonds is 2. The van der Waals surface area contributed by atoms with Crippen LogP contribution in [0.15, 0.2) is 28.8 Å². The number of nitrogen functional groups attached to an aromatic ring is 1. The number of nitrogens with zero attached hydrogens (tertiary/aromatic N) is 3. The van der Waals surface area contributed by atoms with E-state index in [-0.39, 0.29) is 6.10 Å². The Morgan fingerprint density at radius 3 is 2.95 bits per heavy atom. The maximum absolute atomic E-state index is 5.90. The molecule has 1 unspecified atom stereocenters. The van der Waals surface area contributed by atoms with Crippen molar-refractivity contribution in [2.75, 3.05) is 5.73 Å². The van der Waals surface area contributed by atoms with Crippen molar-refractivity contribution in [1.82, 2.24) is 14.5 Å². The second kappa shape index (κ2) is 4.56. The molecule has 0 amide bonds. The molecule has 1 aliphatic rings. The summed E-state index contributed by atoms with van der Waals surface area (Å²) in [7, 11) is 0. The summed E-state index contributed by atoms with van der Waals surface area (Å²) >= 11 is 1.23. The summed E-state index contributed by atoms with van der Waals surface area (Å²) in [5.74, 6) is 1.81. The third-order valence-electron chi connectivity index (χ3n) is 3.48. The summed E-state index contributed by atoms with van der Waals surface area (Å²) in [6.45, 7) is 1.87. The monoisotopic (exact) mass is 300 g/mol. The number of nitrogens with two attached hydrogens (primary N) is 1. The van der Waals surface area contributed by atoms with Gasteiger partial charge in [0.2, 0.25) is 5.82 Å². The van der Waals surface area contributed by atoms with Crippen molar-refractivity contribution in [2.45, 2.75) is 19.4 Å². The number of hydrogen-bond donors (Lipinski definition) is 1. The molecule has 0 aliphatic carbocycles. The molecule has 2 N–H and O–H groups in total. The van der Waals surface area contributed by atoms with Crippen molar-refractivity contribution in [3.8, 4) is 17.2 Å². The standard InChI is InChI=1S/C14H12N4O2S/c1-7-11(12(15)21-18-7)14-16-13(17-20-14)10-6-8-4-2-3-5-9(8)19-10/h2-5,10H,6,15H2,1H3. The van der Waals surface area contributed by atoms with Crippen LogP contribution in [-0.4, -0.2) is 14.5 Å². The minimum absolute atomic E-state index is 0.215. The lowest BCUT2D eigenvalue weighted by Gasteiger charge is -2.04. The summed E-state index contributed by atoms with van der Waals surface area (Å²) in [5.41, 5.74) is 8.57. The van der Waals surface area contributed by atoms with Crippen LogP contribution in [0.2, 0.25) is 0 Å². The van der Waals surface area contributed by atoms with Crippen LogP contribution >= 0.6 is 11.5 Å². The van der Waals surface area contributed by atoms with Crippen molar-refractivity contribution in [3.63, 3.8) is 0 Å². The van der Waals surface area contributed by atoms with Gasteiger partial charge in [0, 0.05) is 6.42 Å². The van der Waals surface area contributed by atoms with Crippen LogP contribution in [0.5, 0.6) is 5.75 Å². The smallest absolute Gasteiger partial charge is 0.262 e. The lowest BCUT2D eigenvalue weighted by Crippen LogP contribution is -2.05. The highest BCUT2D eigenvalue weighted by molar-refractivity contribution is 7.10. The van der Waals surface area contributed by atoms with Gasteiger partial charge in [-0.1, -0.05) is 23.4 Å². The largest absolute Gasteiger partial charge is 0.482 e. The summed E-state index contributed by atoms with van der Waals surface area (Å²) < 4.78 is 15.4. The van der Waals surface area contributed by atoms with Crippen molar-refractivity contribution in [3.05, 3.63) is 41.3 Å². The predicted molar refractivity (Wildman–Crippen MR) is 78.1 cm³/mol. The quantitative estimate of drug-likeness (QED) is 0.783. The average molecular weight is 300 g/mol. The molecule has 0 radical (unpaired) electrons. The Labute approximate surface area is 124 Å². The normalized spacial score (nSPS) is 16.7. The van der Waals surface area contributed by atoms with E-state index in [0.29, 0.717) is 22.3 Å². The van der Waals surface area contributed by atoms with Gasteiger partial charge in [0.15, 0.2) is 6.10 Å². The number of ether oxygens (including phenoxy) is 1. The van der Waals surface area contributed by atoms with E-state index in [1.807, 2.05) is 31.2 Å².